The normalized spacial score (nSPS) is 13.1. The zero-order valence-electron chi connectivity index (χ0n) is 13.8. The molecule has 0 spiro atoms. The van der Waals surface area contributed by atoms with E-state index in [1.54, 1.807) is 13.2 Å². The minimum absolute atomic E-state index is 0.103. The van der Waals surface area contributed by atoms with Gasteiger partial charge in [-0.15, -0.1) is 0 Å². The summed E-state index contributed by atoms with van der Waals surface area (Å²) in [7, 11) is -2.09. The van der Waals surface area contributed by atoms with Gasteiger partial charge in [0.1, 0.15) is 5.75 Å². The first-order chi connectivity index (χ1) is 11.4. The van der Waals surface area contributed by atoms with Crippen molar-refractivity contribution >= 4 is 10.0 Å². The van der Waals surface area contributed by atoms with Gasteiger partial charge in [-0.2, -0.15) is 0 Å². The number of methoxy groups -OCH3 is 1. The second kappa shape index (κ2) is 6.33. The highest BCUT2D eigenvalue weighted by molar-refractivity contribution is 7.89. The third-order valence-electron chi connectivity index (χ3n) is 3.81. The maximum Gasteiger partial charge on any atom is 0.241 e. The Labute approximate surface area is 141 Å². The quantitative estimate of drug-likeness (QED) is 0.898. The van der Waals surface area contributed by atoms with Gasteiger partial charge in [-0.25, -0.2) is 13.1 Å². The van der Waals surface area contributed by atoms with Gasteiger partial charge < -0.3 is 14.2 Å². The summed E-state index contributed by atoms with van der Waals surface area (Å²) in [6, 6.07) is 8.45. The van der Waals surface area contributed by atoms with Crippen LogP contribution in [0.25, 0.3) is 0 Å². The highest BCUT2D eigenvalue weighted by atomic mass is 32.2. The molecule has 1 aliphatic heterocycles. The summed E-state index contributed by atoms with van der Waals surface area (Å²) in [4.78, 5) is 0.134. The van der Waals surface area contributed by atoms with E-state index in [1.165, 1.54) is 12.1 Å². The van der Waals surface area contributed by atoms with Crippen LogP contribution in [0.15, 0.2) is 35.2 Å². The standard InChI is InChI=1S/C17H19NO5S/c1-11-6-12(2)17(21-3)13(7-11)9-18-24(19,20)14-4-5-15-16(8-14)23-10-22-15/h4-8,18H,9-10H2,1-3H3. The third-order valence-corrected chi connectivity index (χ3v) is 5.21. The smallest absolute Gasteiger partial charge is 0.241 e. The number of aryl methyl sites for hydroxylation is 2. The summed E-state index contributed by atoms with van der Waals surface area (Å²) >= 11 is 0. The van der Waals surface area contributed by atoms with Crippen LogP contribution in [0.1, 0.15) is 16.7 Å². The molecule has 0 fully saturated rings. The molecule has 0 aliphatic carbocycles. The largest absolute Gasteiger partial charge is 0.496 e. The van der Waals surface area contributed by atoms with Crippen LogP contribution in [0, 0.1) is 13.8 Å². The Morgan fingerprint density at radius 2 is 1.88 bits per heavy atom. The maximum absolute atomic E-state index is 12.5. The predicted octanol–water partition coefficient (Wildman–Crippen LogP) is 2.52. The van der Waals surface area contributed by atoms with Gasteiger partial charge in [-0.1, -0.05) is 17.7 Å². The van der Waals surface area contributed by atoms with Crippen molar-refractivity contribution in [1.82, 2.24) is 4.72 Å². The minimum Gasteiger partial charge on any atom is -0.496 e. The van der Waals surface area contributed by atoms with E-state index in [9.17, 15) is 8.42 Å². The molecule has 0 radical (unpaired) electrons. The molecule has 0 atom stereocenters. The summed E-state index contributed by atoms with van der Waals surface area (Å²) in [6.07, 6.45) is 0. The second-order valence-corrected chi connectivity index (χ2v) is 7.38. The van der Waals surface area contributed by atoms with Crippen LogP contribution in [0.3, 0.4) is 0 Å². The Morgan fingerprint density at radius 3 is 2.62 bits per heavy atom. The summed E-state index contributed by atoms with van der Waals surface area (Å²) in [5.74, 6) is 1.67. The first kappa shape index (κ1) is 16.6. The van der Waals surface area contributed by atoms with Crippen molar-refractivity contribution < 1.29 is 22.6 Å². The molecule has 3 rings (SSSR count). The Hall–Kier alpha value is -2.25. The lowest BCUT2D eigenvalue weighted by Gasteiger charge is -2.14. The van der Waals surface area contributed by atoms with Gasteiger partial charge in [0.15, 0.2) is 11.5 Å². The van der Waals surface area contributed by atoms with Gasteiger partial charge in [0.2, 0.25) is 16.8 Å². The van der Waals surface area contributed by atoms with Crippen LogP contribution in [-0.4, -0.2) is 22.3 Å². The lowest BCUT2D eigenvalue weighted by molar-refractivity contribution is 0.174. The molecule has 0 amide bonds. The number of hydrogen-bond donors (Lipinski definition) is 1. The zero-order chi connectivity index (χ0) is 17.3. The fourth-order valence-corrected chi connectivity index (χ4v) is 3.79. The maximum atomic E-state index is 12.5. The van der Waals surface area contributed by atoms with Crippen LogP contribution in [0.4, 0.5) is 0 Å². The number of nitrogens with one attached hydrogen (secondary N) is 1. The van der Waals surface area contributed by atoms with Crippen molar-refractivity contribution in [2.45, 2.75) is 25.3 Å². The van der Waals surface area contributed by atoms with Crippen LogP contribution >= 0.6 is 0 Å². The lowest BCUT2D eigenvalue weighted by atomic mass is 10.1. The van der Waals surface area contributed by atoms with Gasteiger partial charge in [0.05, 0.1) is 12.0 Å². The van der Waals surface area contributed by atoms with Gasteiger partial charge >= 0.3 is 0 Å². The second-order valence-electron chi connectivity index (χ2n) is 5.61. The first-order valence-corrected chi connectivity index (χ1v) is 8.92. The van der Waals surface area contributed by atoms with Crippen molar-refractivity contribution in [2.24, 2.45) is 0 Å². The number of hydrogen-bond acceptors (Lipinski definition) is 5. The lowest BCUT2D eigenvalue weighted by Crippen LogP contribution is -2.23. The van der Waals surface area contributed by atoms with E-state index in [-0.39, 0.29) is 18.2 Å². The molecule has 1 N–H and O–H groups in total. The van der Waals surface area contributed by atoms with Gasteiger partial charge in [0, 0.05) is 18.2 Å². The highest BCUT2D eigenvalue weighted by Crippen LogP contribution is 2.34. The van der Waals surface area contributed by atoms with E-state index in [0.29, 0.717) is 17.2 Å². The SMILES string of the molecule is COc1c(C)cc(C)cc1CNS(=O)(=O)c1ccc2c(c1)OCO2. The molecule has 7 heteroatoms. The third kappa shape index (κ3) is 3.18. The number of sulfonamides is 1. The summed E-state index contributed by atoms with van der Waals surface area (Å²) in [5, 5.41) is 0. The molecule has 6 nitrogen and oxygen atoms in total. The van der Waals surface area contributed by atoms with Crippen molar-refractivity contribution in [3.63, 3.8) is 0 Å². The Morgan fingerprint density at radius 1 is 1.12 bits per heavy atom. The van der Waals surface area contributed by atoms with E-state index in [1.807, 2.05) is 26.0 Å². The van der Waals surface area contributed by atoms with E-state index in [0.717, 1.165) is 16.7 Å². The molecule has 0 aromatic heterocycles. The minimum atomic E-state index is -3.67. The summed E-state index contributed by atoms with van der Waals surface area (Å²) in [5.41, 5.74) is 2.81. The molecule has 128 valence electrons. The monoisotopic (exact) mass is 349 g/mol. The predicted molar refractivity (Wildman–Crippen MR) is 89.1 cm³/mol. The van der Waals surface area contributed by atoms with Gasteiger partial charge in [0.25, 0.3) is 0 Å². The highest BCUT2D eigenvalue weighted by Gasteiger charge is 2.20. The van der Waals surface area contributed by atoms with Crippen LogP contribution in [0.5, 0.6) is 17.2 Å². The molecule has 0 saturated carbocycles. The number of rotatable bonds is 5. The molecular formula is C17H19NO5S. The van der Waals surface area contributed by atoms with Crippen molar-refractivity contribution in [3.05, 3.63) is 47.0 Å². The van der Waals surface area contributed by atoms with E-state index >= 15 is 0 Å². The Kier molecular flexibility index (Phi) is 4.38. The fraction of sp³-hybridized carbons (Fsp3) is 0.294. The van der Waals surface area contributed by atoms with Crippen molar-refractivity contribution in [3.8, 4) is 17.2 Å². The van der Waals surface area contributed by atoms with Crippen LogP contribution < -0.4 is 18.9 Å². The van der Waals surface area contributed by atoms with E-state index < -0.39 is 10.0 Å². The molecule has 0 unspecified atom stereocenters. The first-order valence-electron chi connectivity index (χ1n) is 7.44. The van der Waals surface area contributed by atoms with Gasteiger partial charge in [-0.05, 0) is 31.5 Å². The topological polar surface area (TPSA) is 73.9 Å². The number of benzene rings is 2. The molecular weight excluding hydrogens is 330 g/mol. The van der Waals surface area contributed by atoms with Crippen LogP contribution in [-0.2, 0) is 16.6 Å². The average molecular weight is 349 g/mol. The van der Waals surface area contributed by atoms with Crippen LogP contribution in [0.2, 0.25) is 0 Å². The molecule has 24 heavy (non-hydrogen) atoms. The molecule has 2 aromatic carbocycles. The molecule has 1 aliphatic rings. The zero-order valence-corrected chi connectivity index (χ0v) is 14.6. The molecule has 2 aromatic rings. The summed E-state index contributed by atoms with van der Waals surface area (Å²) in [6.45, 7) is 4.14. The van der Waals surface area contributed by atoms with E-state index in [4.69, 9.17) is 14.2 Å². The molecule has 0 saturated heterocycles. The average Bonchev–Trinajstić information content (AvgIpc) is 3.00. The Balaban J connectivity index is 1.84. The number of fused-ring (bicyclic) bond motifs is 1. The van der Waals surface area contributed by atoms with Crippen molar-refractivity contribution in [2.75, 3.05) is 13.9 Å². The molecule has 1 heterocycles. The van der Waals surface area contributed by atoms with E-state index in [2.05, 4.69) is 4.72 Å². The Bertz CT molecular complexity index is 877. The van der Waals surface area contributed by atoms with Crippen molar-refractivity contribution in [1.29, 1.82) is 0 Å². The summed E-state index contributed by atoms with van der Waals surface area (Å²) < 4.78 is 43.5. The van der Waals surface area contributed by atoms with Gasteiger partial charge in [-0.3, -0.25) is 0 Å². The number of ether oxygens (including phenoxy) is 3. The fourth-order valence-electron chi connectivity index (χ4n) is 2.77. The molecule has 0 bridgehead atoms.